The van der Waals surface area contributed by atoms with Crippen LogP contribution in [-0.2, 0) is 4.79 Å². The summed E-state index contributed by atoms with van der Waals surface area (Å²) in [4.78, 5) is 36.5. The Kier molecular flexibility index (Phi) is 11.7. The van der Waals surface area contributed by atoms with E-state index in [-0.39, 0.29) is 16.9 Å². The van der Waals surface area contributed by atoms with E-state index in [0.717, 1.165) is 12.8 Å². The standard InChI is InChI=1S/C26H34N4O4S/c1-4-5-6-7-16-34-22-14-10-19(11-15-22)24(32)28-26(35)30-29-25(33)20-8-12-21(13-9-20)27-23(31)17-18(2)3/h8-15,18H,4-7,16-17H2,1-3H3,(H,27,31)(H,29,33)(H2,28,30,32,35). The summed E-state index contributed by atoms with van der Waals surface area (Å²) in [7, 11) is 0. The van der Waals surface area contributed by atoms with Crippen LogP contribution >= 0.6 is 12.2 Å². The van der Waals surface area contributed by atoms with Gasteiger partial charge in [-0.25, -0.2) is 0 Å². The van der Waals surface area contributed by atoms with Crippen molar-refractivity contribution >= 4 is 40.7 Å². The van der Waals surface area contributed by atoms with E-state index in [1.807, 2.05) is 13.8 Å². The van der Waals surface area contributed by atoms with Crippen molar-refractivity contribution in [1.29, 1.82) is 0 Å². The Labute approximate surface area is 212 Å². The van der Waals surface area contributed by atoms with E-state index in [1.165, 1.54) is 12.8 Å². The molecule has 0 aromatic heterocycles. The topological polar surface area (TPSA) is 109 Å². The molecule has 0 aliphatic carbocycles. The maximum Gasteiger partial charge on any atom is 0.269 e. The van der Waals surface area contributed by atoms with Crippen LogP contribution in [0.25, 0.3) is 0 Å². The summed E-state index contributed by atoms with van der Waals surface area (Å²) < 4.78 is 5.68. The van der Waals surface area contributed by atoms with Crippen molar-refractivity contribution in [2.75, 3.05) is 11.9 Å². The van der Waals surface area contributed by atoms with E-state index in [9.17, 15) is 14.4 Å². The Morgan fingerprint density at radius 3 is 2.11 bits per heavy atom. The highest BCUT2D eigenvalue weighted by Crippen LogP contribution is 2.13. The van der Waals surface area contributed by atoms with Crippen LogP contribution < -0.4 is 26.2 Å². The molecular weight excluding hydrogens is 464 g/mol. The van der Waals surface area contributed by atoms with Gasteiger partial charge < -0.3 is 10.1 Å². The summed E-state index contributed by atoms with van der Waals surface area (Å²) >= 11 is 5.09. The average molecular weight is 499 g/mol. The third-order valence-electron chi connectivity index (χ3n) is 4.92. The second-order valence-electron chi connectivity index (χ2n) is 8.52. The maximum absolute atomic E-state index is 12.4. The fourth-order valence-electron chi connectivity index (χ4n) is 3.10. The first kappa shape index (κ1) is 27.8. The molecule has 9 heteroatoms. The molecule has 0 fully saturated rings. The largest absolute Gasteiger partial charge is 0.494 e. The van der Waals surface area contributed by atoms with Crippen LogP contribution in [0.1, 0.15) is 73.6 Å². The molecule has 0 unspecified atom stereocenters. The van der Waals surface area contributed by atoms with Gasteiger partial charge in [0.1, 0.15) is 5.75 Å². The lowest BCUT2D eigenvalue weighted by Crippen LogP contribution is -2.48. The molecule has 0 radical (unpaired) electrons. The van der Waals surface area contributed by atoms with Crippen molar-refractivity contribution < 1.29 is 19.1 Å². The number of thiocarbonyl (C=S) groups is 1. The van der Waals surface area contributed by atoms with Gasteiger partial charge in [-0.3, -0.25) is 30.6 Å². The summed E-state index contributed by atoms with van der Waals surface area (Å²) in [5.41, 5.74) is 6.33. The normalized spacial score (nSPS) is 10.4. The summed E-state index contributed by atoms with van der Waals surface area (Å²) in [5.74, 6) is 0.0322. The van der Waals surface area contributed by atoms with Crippen LogP contribution in [0.2, 0.25) is 0 Å². The first-order chi connectivity index (χ1) is 16.8. The number of carbonyl (C=O) groups is 3. The summed E-state index contributed by atoms with van der Waals surface area (Å²) in [6.07, 6.45) is 4.94. The molecule has 0 spiro atoms. The summed E-state index contributed by atoms with van der Waals surface area (Å²) in [6.45, 7) is 6.74. The number of amides is 3. The predicted molar refractivity (Wildman–Crippen MR) is 141 cm³/mol. The highest BCUT2D eigenvalue weighted by Gasteiger charge is 2.11. The van der Waals surface area contributed by atoms with Gasteiger partial charge in [0.25, 0.3) is 11.8 Å². The van der Waals surface area contributed by atoms with Gasteiger partial charge in [-0.05, 0) is 73.1 Å². The molecule has 2 aromatic carbocycles. The number of hydrogen-bond donors (Lipinski definition) is 4. The molecular formula is C26H34N4O4S. The minimum atomic E-state index is -0.443. The van der Waals surface area contributed by atoms with Crippen LogP contribution in [0.15, 0.2) is 48.5 Å². The number of hydrogen-bond acceptors (Lipinski definition) is 5. The van der Waals surface area contributed by atoms with Crippen LogP contribution in [0, 0.1) is 5.92 Å². The molecule has 188 valence electrons. The Morgan fingerprint density at radius 1 is 0.857 bits per heavy atom. The highest BCUT2D eigenvalue weighted by atomic mass is 32.1. The van der Waals surface area contributed by atoms with Crippen molar-refractivity contribution in [3.05, 3.63) is 59.7 Å². The van der Waals surface area contributed by atoms with E-state index in [1.54, 1.807) is 48.5 Å². The molecule has 3 amide bonds. The van der Waals surface area contributed by atoms with Gasteiger partial charge in [0.05, 0.1) is 6.61 Å². The zero-order valence-corrected chi connectivity index (χ0v) is 21.3. The van der Waals surface area contributed by atoms with Crippen LogP contribution in [0.4, 0.5) is 5.69 Å². The fourth-order valence-corrected chi connectivity index (χ4v) is 3.25. The number of anilines is 1. The smallest absolute Gasteiger partial charge is 0.269 e. The molecule has 0 saturated heterocycles. The lowest BCUT2D eigenvalue weighted by Gasteiger charge is -2.12. The van der Waals surface area contributed by atoms with Crippen molar-refractivity contribution in [3.63, 3.8) is 0 Å². The van der Waals surface area contributed by atoms with E-state index in [0.29, 0.717) is 35.6 Å². The molecule has 0 aliphatic heterocycles. The molecule has 35 heavy (non-hydrogen) atoms. The Balaban J connectivity index is 1.75. The number of nitrogens with one attached hydrogen (secondary N) is 4. The quantitative estimate of drug-likeness (QED) is 0.205. The number of unbranched alkanes of at least 4 members (excludes halogenated alkanes) is 3. The van der Waals surface area contributed by atoms with Crippen molar-refractivity contribution in [1.82, 2.24) is 16.2 Å². The molecule has 2 rings (SSSR count). The van der Waals surface area contributed by atoms with E-state index in [4.69, 9.17) is 17.0 Å². The van der Waals surface area contributed by atoms with Crippen molar-refractivity contribution in [2.24, 2.45) is 5.92 Å². The van der Waals surface area contributed by atoms with Gasteiger partial charge in [-0.1, -0.05) is 40.0 Å². The Morgan fingerprint density at radius 2 is 1.49 bits per heavy atom. The molecule has 0 saturated carbocycles. The van der Waals surface area contributed by atoms with Gasteiger partial charge in [-0.15, -0.1) is 0 Å². The second-order valence-corrected chi connectivity index (χ2v) is 8.93. The zero-order chi connectivity index (χ0) is 25.6. The number of hydrazine groups is 1. The molecule has 8 nitrogen and oxygen atoms in total. The average Bonchev–Trinajstić information content (AvgIpc) is 2.82. The van der Waals surface area contributed by atoms with E-state index in [2.05, 4.69) is 28.4 Å². The number of carbonyl (C=O) groups excluding carboxylic acids is 3. The third kappa shape index (κ3) is 10.6. The van der Waals surface area contributed by atoms with Gasteiger partial charge >= 0.3 is 0 Å². The van der Waals surface area contributed by atoms with E-state index >= 15 is 0 Å². The van der Waals surface area contributed by atoms with E-state index < -0.39 is 11.8 Å². The van der Waals surface area contributed by atoms with Gasteiger partial charge in [-0.2, -0.15) is 0 Å². The molecule has 0 aliphatic rings. The van der Waals surface area contributed by atoms with Gasteiger partial charge in [0.2, 0.25) is 5.91 Å². The minimum Gasteiger partial charge on any atom is -0.494 e. The molecule has 0 atom stereocenters. The van der Waals surface area contributed by atoms with Crippen LogP contribution in [0.5, 0.6) is 5.75 Å². The first-order valence-electron chi connectivity index (χ1n) is 11.8. The summed E-state index contributed by atoms with van der Waals surface area (Å²) in [6, 6.07) is 13.2. The third-order valence-corrected chi connectivity index (χ3v) is 5.13. The van der Waals surface area contributed by atoms with Gasteiger partial charge in [0, 0.05) is 23.2 Å². The lowest BCUT2D eigenvalue weighted by molar-refractivity contribution is -0.116. The highest BCUT2D eigenvalue weighted by molar-refractivity contribution is 7.80. The monoisotopic (exact) mass is 498 g/mol. The SMILES string of the molecule is CCCCCCOc1ccc(C(=O)NC(=S)NNC(=O)c2ccc(NC(=O)CC(C)C)cc2)cc1. The fraction of sp³-hybridized carbons (Fsp3) is 0.385. The molecule has 0 bridgehead atoms. The zero-order valence-electron chi connectivity index (χ0n) is 20.5. The number of ether oxygens (including phenoxy) is 1. The summed E-state index contributed by atoms with van der Waals surface area (Å²) in [5, 5.41) is 5.25. The lowest BCUT2D eigenvalue weighted by atomic mass is 10.1. The predicted octanol–water partition coefficient (Wildman–Crippen LogP) is 4.58. The van der Waals surface area contributed by atoms with Crippen molar-refractivity contribution in [2.45, 2.75) is 52.9 Å². The van der Waals surface area contributed by atoms with Crippen LogP contribution in [0.3, 0.4) is 0 Å². The number of benzene rings is 2. The second kappa shape index (κ2) is 14.7. The molecule has 0 heterocycles. The Hall–Kier alpha value is -3.46. The number of rotatable bonds is 11. The van der Waals surface area contributed by atoms with Crippen LogP contribution in [-0.4, -0.2) is 29.4 Å². The Bertz CT molecular complexity index is 991. The molecule has 4 N–H and O–H groups in total. The molecule has 2 aromatic rings. The minimum absolute atomic E-state index is 0.0443. The first-order valence-corrected chi connectivity index (χ1v) is 12.2. The maximum atomic E-state index is 12.4. The van der Waals surface area contributed by atoms with Gasteiger partial charge in [0.15, 0.2) is 5.11 Å². The van der Waals surface area contributed by atoms with Crippen molar-refractivity contribution in [3.8, 4) is 5.75 Å².